The fourth-order valence-electron chi connectivity index (χ4n) is 2.27. The molecular weight excluding hydrogens is 330 g/mol. The highest BCUT2D eigenvalue weighted by Gasteiger charge is 2.19. The van der Waals surface area contributed by atoms with Crippen LogP contribution >= 0.6 is 0 Å². The fraction of sp³-hybridized carbons (Fsp3) is 0.222. The summed E-state index contributed by atoms with van der Waals surface area (Å²) in [4.78, 5) is 25.5. The Morgan fingerprint density at radius 1 is 1.08 bits per heavy atom. The van der Waals surface area contributed by atoms with E-state index in [1.54, 1.807) is 26.2 Å². The van der Waals surface area contributed by atoms with Crippen LogP contribution in [0.25, 0.3) is 0 Å². The van der Waals surface area contributed by atoms with Crippen LogP contribution < -0.4 is 5.32 Å². The second-order valence-electron chi connectivity index (χ2n) is 5.64. The molecule has 1 atom stereocenters. The van der Waals surface area contributed by atoms with Crippen LogP contribution in [0.5, 0.6) is 0 Å². The molecule has 25 heavy (non-hydrogen) atoms. The summed E-state index contributed by atoms with van der Waals surface area (Å²) in [6.07, 6.45) is -1.53. The topological polar surface area (TPSA) is 69.6 Å². The molecule has 0 aromatic heterocycles. The molecule has 2 N–H and O–H groups in total. The molecule has 0 spiro atoms. The van der Waals surface area contributed by atoms with Crippen molar-refractivity contribution >= 4 is 11.8 Å². The van der Waals surface area contributed by atoms with Gasteiger partial charge in [0.05, 0.1) is 5.56 Å². The number of amides is 2. The molecule has 2 amide bonds. The lowest BCUT2D eigenvalue weighted by molar-refractivity contribution is 0.0827. The number of hydrogen-bond acceptors (Lipinski definition) is 3. The van der Waals surface area contributed by atoms with E-state index in [9.17, 15) is 23.5 Å². The minimum Gasteiger partial charge on any atom is -0.386 e. The van der Waals surface area contributed by atoms with Crippen LogP contribution in [0.1, 0.15) is 32.4 Å². The number of halogens is 2. The molecule has 132 valence electrons. The number of nitrogens with zero attached hydrogens (tertiary/aromatic N) is 1. The summed E-state index contributed by atoms with van der Waals surface area (Å²) >= 11 is 0. The molecule has 5 nitrogen and oxygen atoms in total. The molecule has 0 radical (unpaired) electrons. The normalized spacial score (nSPS) is 11.7. The molecule has 0 saturated heterocycles. The Labute approximate surface area is 143 Å². The lowest BCUT2D eigenvalue weighted by atomic mass is 10.1. The van der Waals surface area contributed by atoms with Gasteiger partial charge >= 0.3 is 0 Å². The van der Waals surface area contributed by atoms with Gasteiger partial charge in [0.1, 0.15) is 17.7 Å². The predicted molar refractivity (Wildman–Crippen MR) is 88.1 cm³/mol. The summed E-state index contributed by atoms with van der Waals surface area (Å²) in [5.74, 6) is -2.60. The summed E-state index contributed by atoms with van der Waals surface area (Å²) in [6.45, 7) is -0.372. The van der Waals surface area contributed by atoms with Gasteiger partial charge in [-0.15, -0.1) is 0 Å². The van der Waals surface area contributed by atoms with E-state index in [0.29, 0.717) is 5.56 Å². The number of benzene rings is 2. The molecule has 2 aromatic carbocycles. The van der Waals surface area contributed by atoms with Gasteiger partial charge in [-0.05, 0) is 30.3 Å². The Morgan fingerprint density at radius 3 is 2.24 bits per heavy atom. The van der Waals surface area contributed by atoms with Crippen LogP contribution in [0.4, 0.5) is 8.78 Å². The van der Waals surface area contributed by atoms with Crippen molar-refractivity contribution in [3.63, 3.8) is 0 Å². The molecule has 0 aliphatic carbocycles. The second-order valence-corrected chi connectivity index (χ2v) is 5.64. The quantitative estimate of drug-likeness (QED) is 0.870. The fourth-order valence-corrected chi connectivity index (χ4v) is 2.27. The summed E-state index contributed by atoms with van der Waals surface area (Å²) in [5.41, 5.74) is 0.0339. The average Bonchev–Trinajstić information content (AvgIpc) is 2.58. The van der Waals surface area contributed by atoms with E-state index in [-0.39, 0.29) is 18.0 Å². The SMILES string of the molecule is CN(C)C(=O)c1cccc(C(=O)NCC(O)c2c(F)cccc2F)c1. The highest BCUT2D eigenvalue weighted by atomic mass is 19.1. The molecule has 0 saturated carbocycles. The number of rotatable bonds is 5. The molecule has 0 aliphatic heterocycles. The van der Waals surface area contributed by atoms with Gasteiger partial charge in [-0.1, -0.05) is 12.1 Å². The van der Waals surface area contributed by atoms with Crippen molar-refractivity contribution < 1.29 is 23.5 Å². The molecule has 2 aromatic rings. The molecule has 7 heteroatoms. The standard InChI is InChI=1S/C18H18F2N2O3/c1-22(2)18(25)12-6-3-5-11(9-12)17(24)21-10-15(23)16-13(19)7-4-8-14(16)20/h3-9,15,23H,10H2,1-2H3,(H,21,24). The minimum atomic E-state index is -1.53. The van der Waals surface area contributed by atoms with Gasteiger partial charge in [0.25, 0.3) is 11.8 Å². The number of carbonyl (C=O) groups is 2. The largest absolute Gasteiger partial charge is 0.386 e. The number of aliphatic hydroxyl groups excluding tert-OH is 1. The van der Waals surface area contributed by atoms with Crippen LogP contribution in [-0.2, 0) is 0 Å². The molecule has 0 heterocycles. The van der Waals surface area contributed by atoms with Crippen molar-refractivity contribution in [2.45, 2.75) is 6.10 Å². The Balaban J connectivity index is 2.08. The maximum absolute atomic E-state index is 13.6. The first-order chi connectivity index (χ1) is 11.8. The molecular formula is C18H18F2N2O3. The summed E-state index contributed by atoms with van der Waals surface area (Å²) < 4.78 is 27.2. The van der Waals surface area contributed by atoms with Crippen molar-refractivity contribution in [3.05, 3.63) is 70.8 Å². The lowest BCUT2D eigenvalue weighted by Crippen LogP contribution is -2.29. The van der Waals surface area contributed by atoms with E-state index in [4.69, 9.17) is 0 Å². The molecule has 1 unspecified atom stereocenters. The first kappa shape index (κ1) is 18.5. The van der Waals surface area contributed by atoms with E-state index < -0.39 is 29.2 Å². The van der Waals surface area contributed by atoms with Crippen LogP contribution in [-0.4, -0.2) is 42.5 Å². The van der Waals surface area contributed by atoms with Crippen LogP contribution in [0.15, 0.2) is 42.5 Å². The van der Waals surface area contributed by atoms with E-state index in [0.717, 1.165) is 12.1 Å². The zero-order valence-corrected chi connectivity index (χ0v) is 13.8. The third kappa shape index (κ3) is 4.39. The third-order valence-corrected chi connectivity index (χ3v) is 3.57. The van der Waals surface area contributed by atoms with Gasteiger partial charge < -0.3 is 15.3 Å². The molecule has 0 aliphatic rings. The third-order valence-electron chi connectivity index (χ3n) is 3.57. The van der Waals surface area contributed by atoms with Crippen molar-refractivity contribution in [2.75, 3.05) is 20.6 Å². The van der Waals surface area contributed by atoms with Gasteiger partial charge in [-0.3, -0.25) is 9.59 Å². The van der Waals surface area contributed by atoms with Gasteiger partial charge in [-0.25, -0.2) is 8.78 Å². The van der Waals surface area contributed by atoms with E-state index in [2.05, 4.69) is 5.32 Å². The number of aliphatic hydroxyl groups is 1. The smallest absolute Gasteiger partial charge is 0.253 e. The van der Waals surface area contributed by atoms with Gasteiger partial charge in [0, 0.05) is 31.8 Å². The average molecular weight is 348 g/mol. The predicted octanol–water partition coefficient (Wildman–Crippen LogP) is 2.13. The van der Waals surface area contributed by atoms with Gasteiger partial charge in [-0.2, -0.15) is 0 Å². The number of nitrogens with one attached hydrogen (secondary N) is 1. The zero-order valence-electron chi connectivity index (χ0n) is 13.8. The van der Waals surface area contributed by atoms with Crippen molar-refractivity contribution in [2.24, 2.45) is 0 Å². The van der Waals surface area contributed by atoms with E-state index in [1.807, 2.05) is 0 Å². The monoisotopic (exact) mass is 348 g/mol. The van der Waals surface area contributed by atoms with Gasteiger partial charge in [0.15, 0.2) is 0 Å². The Bertz CT molecular complexity index is 773. The maximum Gasteiger partial charge on any atom is 0.253 e. The Morgan fingerprint density at radius 2 is 1.64 bits per heavy atom. The first-order valence-electron chi connectivity index (χ1n) is 7.53. The maximum atomic E-state index is 13.6. The van der Waals surface area contributed by atoms with Crippen molar-refractivity contribution in [1.82, 2.24) is 10.2 Å². The highest BCUT2D eigenvalue weighted by Crippen LogP contribution is 2.20. The summed E-state index contributed by atoms with van der Waals surface area (Å²) in [6, 6.07) is 9.28. The van der Waals surface area contributed by atoms with Crippen molar-refractivity contribution in [1.29, 1.82) is 0 Å². The van der Waals surface area contributed by atoms with Gasteiger partial charge in [0.2, 0.25) is 0 Å². The molecule has 2 rings (SSSR count). The first-order valence-corrected chi connectivity index (χ1v) is 7.53. The number of hydrogen-bond donors (Lipinski definition) is 2. The Hall–Kier alpha value is -2.80. The summed E-state index contributed by atoms with van der Waals surface area (Å²) in [5, 5.41) is 12.3. The van der Waals surface area contributed by atoms with Crippen LogP contribution in [0.2, 0.25) is 0 Å². The zero-order chi connectivity index (χ0) is 18.6. The van der Waals surface area contributed by atoms with E-state index >= 15 is 0 Å². The Kier molecular flexibility index (Phi) is 5.82. The highest BCUT2D eigenvalue weighted by molar-refractivity contribution is 5.99. The summed E-state index contributed by atoms with van der Waals surface area (Å²) in [7, 11) is 3.18. The van der Waals surface area contributed by atoms with Crippen LogP contribution in [0, 0.1) is 11.6 Å². The molecule has 0 fully saturated rings. The lowest BCUT2D eigenvalue weighted by Gasteiger charge is -2.14. The molecule has 0 bridgehead atoms. The van der Waals surface area contributed by atoms with E-state index in [1.165, 1.54) is 23.1 Å². The number of carbonyl (C=O) groups excluding carboxylic acids is 2. The van der Waals surface area contributed by atoms with Crippen LogP contribution in [0.3, 0.4) is 0 Å². The minimum absolute atomic E-state index is 0.203. The van der Waals surface area contributed by atoms with Crippen molar-refractivity contribution in [3.8, 4) is 0 Å². The second kappa shape index (κ2) is 7.85.